The minimum atomic E-state index is 0.517. The highest BCUT2D eigenvalue weighted by Gasteiger charge is 2.23. The molecule has 104 valence electrons. The Morgan fingerprint density at radius 2 is 1.95 bits per heavy atom. The van der Waals surface area contributed by atoms with Crippen LogP contribution in [-0.4, -0.2) is 41.0 Å². The molecule has 1 saturated heterocycles. The average Bonchev–Trinajstić information content (AvgIpc) is 2.99. The molecule has 2 aliphatic rings. The number of likely N-dealkylation sites (N-methyl/N-ethyl adjacent to an activating group) is 1. The lowest BCUT2D eigenvalue weighted by Gasteiger charge is -2.29. The van der Waals surface area contributed by atoms with Crippen LogP contribution in [0.4, 0.5) is 5.95 Å². The largest absolute Gasteiger partial charge is 0.341 e. The summed E-state index contributed by atoms with van der Waals surface area (Å²) < 4.78 is 0. The number of hydrogen-bond acceptors (Lipinski definition) is 5. The predicted octanol–water partition coefficient (Wildman–Crippen LogP) is 0.914. The van der Waals surface area contributed by atoms with E-state index in [-0.39, 0.29) is 0 Å². The molecule has 19 heavy (non-hydrogen) atoms. The highest BCUT2D eigenvalue weighted by molar-refractivity contribution is 5.39. The number of nitrogens with two attached hydrogens (primary N) is 1. The lowest BCUT2D eigenvalue weighted by molar-refractivity contribution is 0.264. The molecule has 0 saturated carbocycles. The fourth-order valence-electron chi connectivity index (χ4n) is 3.02. The summed E-state index contributed by atoms with van der Waals surface area (Å²) in [6.45, 7) is 8.03. The van der Waals surface area contributed by atoms with Gasteiger partial charge in [0, 0.05) is 44.7 Å². The summed E-state index contributed by atoms with van der Waals surface area (Å²) in [6.07, 6.45) is 3.53. The summed E-state index contributed by atoms with van der Waals surface area (Å²) >= 11 is 0. The number of anilines is 1. The number of hydrogen-bond donors (Lipinski definition) is 1. The van der Waals surface area contributed by atoms with Gasteiger partial charge in [0.05, 0.1) is 11.4 Å². The van der Waals surface area contributed by atoms with Crippen LogP contribution in [0.25, 0.3) is 0 Å². The molecule has 1 aromatic heterocycles. The first-order chi connectivity index (χ1) is 9.31. The van der Waals surface area contributed by atoms with Gasteiger partial charge in [-0.2, -0.15) is 0 Å². The zero-order valence-electron chi connectivity index (χ0n) is 11.7. The van der Waals surface area contributed by atoms with Gasteiger partial charge in [-0.25, -0.2) is 9.97 Å². The van der Waals surface area contributed by atoms with Gasteiger partial charge in [0.15, 0.2) is 0 Å². The normalized spacial score (nSPS) is 19.8. The molecule has 0 aliphatic carbocycles. The molecule has 0 radical (unpaired) electrons. The minimum Gasteiger partial charge on any atom is -0.341 e. The highest BCUT2D eigenvalue weighted by atomic mass is 15.3. The molecule has 0 amide bonds. The molecule has 2 N–H and O–H groups in total. The molecule has 5 nitrogen and oxygen atoms in total. The summed E-state index contributed by atoms with van der Waals surface area (Å²) in [5.41, 5.74) is 9.45. The van der Waals surface area contributed by atoms with Crippen LogP contribution in [0.3, 0.4) is 0 Å². The van der Waals surface area contributed by atoms with Crippen LogP contribution in [0.15, 0.2) is 0 Å². The molecule has 0 unspecified atom stereocenters. The third-order valence-electron chi connectivity index (χ3n) is 4.24. The standard InChI is InChI=1S/C14H23N5/c1-2-18-8-5-12-11(10-18)13(9-15)17-14(16-12)19-6-3-4-7-19/h2-10,15H2,1H3. The van der Waals surface area contributed by atoms with Crippen molar-refractivity contribution in [3.05, 3.63) is 17.0 Å². The Kier molecular flexibility index (Phi) is 3.66. The van der Waals surface area contributed by atoms with Gasteiger partial charge in [-0.05, 0) is 19.4 Å². The van der Waals surface area contributed by atoms with Crippen molar-refractivity contribution in [3.8, 4) is 0 Å². The smallest absolute Gasteiger partial charge is 0.225 e. The van der Waals surface area contributed by atoms with E-state index in [2.05, 4.69) is 16.7 Å². The maximum Gasteiger partial charge on any atom is 0.225 e. The summed E-state index contributed by atoms with van der Waals surface area (Å²) in [4.78, 5) is 14.3. The van der Waals surface area contributed by atoms with Gasteiger partial charge in [0.2, 0.25) is 5.95 Å². The second kappa shape index (κ2) is 5.43. The number of rotatable bonds is 3. The topological polar surface area (TPSA) is 58.3 Å². The zero-order chi connectivity index (χ0) is 13.2. The molecule has 3 rings (SSSR count). The van der Waals surface area contributed by atoms with E-state index in [0.29, 0.717) is 6.54 Å². The first-order valence-electron chi connectivity index (χ1n) is 7.38. The van der Waals surface area contributed by atoms with Gasteiger partial charge in [0.1, 0.15) is 0 Å². The van der Waals surface area contributed by atoms with Gasteiger partial charge in [0.25, 0.3) is 0 Å². The van der Waals surface area contributed by atoms with Crippen LogP contribution in [0.1, 0.15) is 36.7 Å². The average molecular weight is 261 g/mol. The zero-order valence-corrected chi connectivity index (χ0v) is 11.7. The van der Waals surface area contributed by atoms with Crippen LogP contribution >= 0.6 is 0 Å². The molecule has 0 atom stereocenters. The Bertz CT molecular complexity index is 436. The summed E-state index contributed by atoms with van der Waals surface area (Å²) in [7, 11) is 0. The molecule has 1 aromatic rings. The Hall–Kier alpha value is -1.20. The maximum absolute atomic E-state index is 5.90. The van der Waals surface area contributed by atoms with Crippen LogP contribution in [-0.2, 0) is 19.5 Å². The van der Waals surface area contributed by atoms with Gasteiger partial charge in [-0.1, -0.05) is 6.92 Å². The van der Waals surface area contributed by atoms with Gasteiger partial charge >= 0.3 is 0 Å². The van der Waals surface area contributed by atoms with Crippen LogP contribution in [0.2, 0.25) is 0 Å². The summed E-state index contributed by atoms with van der Waals surface area (Å²) in [5.74, 6) is 0.904. The lowest BCUT2D eigenvalue weighted by Crippen LogP contribution is -2.33. The van der Waals surface area contributed by atoms with E-state index in [0.717, 1.165) is 50.8 Å². The number of fused-ring (bicyclic) bond motifs is 1. The molecule has 3 heterocycles. The molecule has 0 spiro atoms. The highest BCUT2D eigenvalue weighted by Crippen LogP contribution is 2.24. The monoisotopic (exact) mass is 261 g/mol. The third-order valence-corrected chi connectivity index (χ3v) is 4.24. The van der Waals surface area contributed by atoms with E-state index in [1.807, 2.05) is 0 Å². The van der Waals surface area contributed by atoms with E-state index in [1.54, 1.807) is 0 Å². The Labute approximate surface area is 114 Å². The van der Waals surface area contributed by atoms with Gasteiger partial charge in [-0.15, -0.1) is 0 Å². The molecule has 5 heteroatoms. The fourth-order valence-corrected chi connectivity index (χ4v) is 3.02. The van der Waals surface area contributed by atoms with Crippen molar-refractivity contribution in [2.75, 3.05) is 31.1 Å². The number of aromatic nitrogens is 2. The first-order valence-corrected chi connectivity index (χ1v) is 7.38. The second-order valence-corrected chi connectivity index (χ2v) is 5.41. The molecule has 2 aliphatic heterocycles. The van der Waals surface area contributed by atoms with Crippen molar-refractivity contribution in [2.24, 2.45) is 5.73 Å². The van der Waals surface area contributed by atoms with E-state index >= 15 is 0 Å². The Morgan fingerprint density at radius 3 is 2.63 bits per heavy atom. The Morgan fingerprint density at radius 1 is 1.16 bits per heavy atom. The number of nitrogens with zero attached hydrogens (tertiary/aromatic N) is 4. The second-order valence-electron chi connectivity index (χ2n) is 5.41. The molecule has 0 bridgehead atoms. The van der Waals surface area contributed by atoms with Crippen LogP contribution in [0, 0.1) is 0 Å². The SMILES string of the molecule is CCN1CCc2nc(N3CCCC3)nc(CN)c2C1. The Balaban J connectivity index is 1.94. The van der Waals surface area contributed by atoms with E-state index in [9.17, 15) is 0 Å². The lowest BCUT2D eigenvalue weighted by atomic mass is 10.0. The van der Waals surface area contributed by atoms with Crippen molar-refractivity contribution in [1.29, 1.82) is 0 Å². The van der Waals surface area contributed by atoms with Crippen molar-refractivity contribution >= 4 is 5.95 Å². The quantitative estimate of drug-likeness (QED) is 0.876. The third kappa shape index (κ3) is 2.44. The van der Waals surface area contributed by atoms with Crippen molar-refractivity contribution < 1.29 is 0 Å². The first kappa shape index (κ1) is 12.8. The van der Waals surface area contributed by atoms with E-state index in [1.165, 1.54) is 24.1 Å². The van der Waals surface area contributed by atoms with Gasteiger partial charge < -0.3 is 10.6 Å². The summed E-state index contributed by atoms with van der Waals surface area (Å²) in [6, 6.07) is 0. The minimum absolute atomic E-state index is 0.517. The van der Waals surface area contributed by atoms with Crippen LogP contribution < -0.4 is 10.6 Å². The molecular weight excluding hydrogens is 238 g/mol. The maximum atomic E-state index is 5.90. The predicted molar refractivity (Wildman–Crippen MR) is 76.0 cm³/mol. The molecule has 0 aromatic carbocycles. The van der Waals surface area contributed by atoms with Crippen LogP contribution in [0.5, 0.6) is 0 Å². The van der Waals surface area contributed by atoms with E-state index < -0.39 is 0 Å². The fraction of sp³-hybridized carbons (Fsp3) is 0.714. The molecule has 1 fully saturated rings. The summed E-state index contributed by atoms with van der Waals surface area (Å²) in [5, 5.41) is 0. The van der Waals surface area contributed by atoms with Crippen molar-refractivity contribution in [1.82, 2.24) is 14.9 Å². The van der Waals surface area contributed by atoms with Gasteiger partial charge in [-0.3, -0.25) is 4.90 Å². The van der Waals surface area contributed by atoms with Crippen molar-refractivity contribution in [2.45, 2.75) is 39.3 Å². The van der Waals surface area contributed by atoms with Crippen molar-refractivity contribution in [3.63, 3.8) is 0 Å². The molecular formula is C14H23N5. The van der Waals surface area contributed by atoms with E-state index in [4.69, 9.17) is 15.7 Å².